The number of hydrogen-bond acceptors (Lipinski definition) is 5. The van der Waals surface area contributed by atoms with Crippen LogP contribution in [0, 0.1) is 10.1 Å². The van der Waals surface area contributed by atoms with E-state index in [1.165, 1.54) is 6.07 Å². The predicted molar refractivity (Wildman–Crippen MR) is 77.6 cm³/mol. The van der Waals surface area contributed by atoms with Gasteiger partial charge in [-0.3, -0.25) is 14.9 Å². The van der Waals surface area contributed by atoms with E-state index in [4.69, 9.17) is 4.42 Å². The lowest BCUT2D eigenvalue weighted by Crippen LogP contribution is -2.14. The molecule has 1 heterocycles. The lowest BCUT2D eigenvalue weighted by Gasteiger charge is -2.05. The molecule has 0 radical (unpaired) electrons. The molecule has 0 amide bonds. The molecule has 2 rings (SSSR count). The number of Topliss-reactive ketones (excluding diaryl/α,β-unsaturated/α-hetero) is 1. The lowest BCUT2D eigenvalue weighted by molar-refractivity contribution is -0.387. The van der Waals surface area contributed by atoms with Crippen molar-refractivity contribution in [1.29, 1.82) is 0 Å². The number of carbonyl (C=O) groups is 1. The second-order valence-corrected chi connectivity index (χ2v) is 4.75. The zero-order valence-electron chi connectivity index (χ0n) is 11.6. The molecule has 2 aromatic rings. The number of ketones is 1. The minimum absolute atomic E-state index is 0.136. The number of hydrogen-bond donors (Lipinski definition) is 0. The fraction of sp³-hybridized carbons (Fsp3) is 0.333. The SMILES string of the molecule is CCCCCC(=O)c1c([N+](=O)[O-])c(=O)oc2ccccc12. The average molecular weight is 289 g/mol. The van der Waals surface area contributed by atoms with Gasteiger partial charge in [-0.15, -0.1) is 0 Å². The van der Waals surface area contributed by atoms with E-state index in [0.717, 1.165) is 12.8 Å². The van der Waals surface area contributed by atoms with Crippen LogP contribution in [0.25, 0.3) is 11.0 Å². The van der Waals surface area contributed by atoms with Gasteiger partial charge in [0.1, 0.15) is 11.1 Å². The summed E-state index contributed by atoms with van der Waals surface area (Å²) >= 11 is 0. The molecular formula is C15H15NO5. The molecule has 21 heavy (non-hydrogen) atoms. The Hall–Kier alpha value is -2.50. The molecule has 1 aromatic carbocycles. The van der Waals surface area contributed by atoms with E-state index in [0.29, 0.717) is 11.8 Å². The van der Waals surface area contributed by atoms with E-state index in [9.17, 15) is 19.7 Å². The number of nitro groups is 1. The Labute approximate surface area is 120 Å². The summed E-state index contributed by atoms with van der Waals surface area (Å²) in [5.41, 5.74) is -1.80. The Kier molecular flexibility index (Phi) is 4.47. The molecule has 0 saturated heterocycles. The molecule has 0 saturated carbocycles. The van der Waals surface area contributed by atoms with Crippen LogP contribution >= 0.6 is 0 Å². The van der Waals surface area contributed by atoms with E-state index in [1.807, 2.05) is 6.92 Å². The highest BCUT2D eigenvalue weighted by Crippen LogP contribution is 2.26. The summed E-state index contributed by atoms with van der Waals surface area (Å²) in [5, 5.41) is 11.4. The number of carbonyl (C=O) groups excluding carboxylic acids is 1. The van der Waals surface area contributed by atoms with E-state index in [-0.39, 0.29) is 23.4 Å². The fourth-order valence-corrected chi connectivity index (χ4v) is 2.25. The van der Waals surface area contributed by atoms with E-state index < -0.39 is 16.2 Å². The molecule has 0 fully saturated rings. The number of benzene rings is 1. The van der Waals surface area contributed by atoms with Gasteiger partial charge >= 0.3 is 11.3 Å². The van der Waals surface area contributed by atoms with Crippen LogP contribution in [-0.2, 0) is 0 Å². The molecule has 0 atom stereocenters. The summed E-state index contributed by atoms with van der Waals surface area (Å²) < 4.78 is 4.92. The standard InChI is InChI=1S/C15H15NO5/c1-2-3-4-8-11(17)13-10-7-5-6-9-12(10)21-15(18)14(13)16(19)20/h5-7,9H,2-4,8H2,1H3. The van der Waals surface area contributed by atoms with Gasteiger partial charge in [-0.25, -0.2) is 4.79 Å². The Morgan fingerprint density at radius 2 is 2.00 bits per heavy atom. The zero-order valence-corrected chi connectivity index (χ0v) is 11.6. The Morgan fingerprint density at radius 1 is 1.29 bits per heavy atom. The highest BCUT2D eigenvalue weighted by molar-refractivity contribution is 6.09. The van der Waals surface area contributed by atoms with E-state index in [2.05, 4.69) is 0 Å². The molecule has 110 valence electrons. The van der Waals surface area contributed by atoms with Crippen molar-refractivity contribution in [3.05, 3.63) is 50.4 Å². The third-order valence-electron chi connectivity index (χ3n) is 3.26. The van der Waals surface area contributed by atoms with Crippen LogP contribution in [0.3, 0.4) is 0 Å². The first-order chi connectivity index (χ1) is 10.1. The van der Waals surface area contributed by atoms with Crippen LogP contribution in [0.5, 0.6) is 0 Å². The maximum atomic E-state index is 12.3. The third kappa shape index (κ3) is 2.99. The second kappa shape index (κ2) is 6.30. The van der Waals surface area contributed by atoms with Gasteiger partial charge in [-0.05, 0) is 12.5 Å². The van der Waals surface area contributed by atoms with Crippen molar-refractivity contribution in [1.82, 2.24) is 0 Å². The molecule has 0 aliphatic carbocycles. The van der Waals surface area contributed by atoms with Crippen LogP contribution in [-0.4, -0.2) is 10.7 Å². The summed E-state index contributed by atoms with van der Waals surface area (Å²) in [7, 11) is 0. The first kappa shape index (κ1) is 14.9. The van der Waals surface area contributed by atoms with Crippen molar-refractivity contribution in [2.75, 3.05) is 0 Å². The van der Waals surface area contributed by atoms with Gasteiger partial charge in [-0.2, -0.15) is 0 Å². The highest BCUT2D eigenvalue weighted by atomic mass is 16.6. The Balaban J connectivity index is 2.62. The minimum atomic E-state index is -1.09. The Bertz CT molecular complexity index is 747. The van der Waals surface area contributed by atoms with Crippen molar-refractivity contribution in [2.45, 2.75) is 32.6 Å². The number of para-hydroxylation sites is 1. The smallest absolute Gasteiger partial charge is 0.416 e. The molecule has 0 spiro atoms. The molecule has 0 bridgehead atoms. The highest BCUT2D eigenvalue weighted by Gasteiger charge is 2.28. The molecular weight excluding hydrogens is 274 g/mol. The number of rotatable bonds is 6. The van der Waals surface area contributed by atoms with Crippen molar-refractivity contribution < 1.29 is 14.1 Å². The fourth-order valence-electron chi connectivity index (χ4n) is 2.25. The van der Waals surface area contributed by atoms with Gasteiger partial charge in [0, 0.05) is 11.8 Å². The monoisotopic (exact) mass is 289 g/mol. The van der Waals surface area contributed by atoms with Crippen LogP contribution < -0.4 is 5.63 Å². The number of unbranched alkanes of at least 4 members (excludes halogenated alkanes) is 2. The quantitative estimate of drug-likeness (QED) is 0.267. The number of fused-ring (bicyclic) bond motifs is 1. The molecule has 0 aliphatic heterocycles. The molecule has 6 nitrogen and oxygen atoms in total. The summed E-state index contributed by atoms with van der Waals surface area (Å²) in [6, 6.07) is 6.36. The molecule has 0 N–H and O–H groups in total. The van der Waals surface area contributed by atoms with E-state index >= 15 is 0 Å². The predicted octanol–water partition coefficient (Wildman–Crippen LogP) is 3.46. The molecule has 0 unspecified atom stereocenters. The van der Waals surface area contributed by atoms with Crippen molar-refractivity contribution in [3.63, 3.8) is 0 Å². The van der Waals surface area contributed by atoms with Crippen LogP contribution in [0.1, 0.15) is 43.0 Å². The van der Waals surface area contributed by atoms with Crippen molar-refractivity contribution in [3.8, 4) is 0 Å². The minimum Gasteiger partial charge on any atom is -0.418 e. The molecule has 0 aliphatic rings. The summed E-state index contributed by atoms with van der Waals surface area (Å²) in [4.78, 5) is 34.4. The summed E-state index contributed by atoms with van der Waals surface area (Å²) in [5.74, 6) is -0.390. The van der Waals surface area contributed by atoms with E-state index in [1.54, 1.807) is 18.2 Å². The van der Waals surface area contributed by atoms with Gasteiger partial charge < -0.3 is 4.42 Å². The maximum absolute atomic E-state index is 12.3. The first-order valence-corrected chi connectivity index (χ1v) is 6.79. The van der Waals surface area contributed by atoms with Gasteiger partial charge in [0.25, 0.3) is 0 Å². The third-order valence-corrected chi connectivity index (χ3v) is 3.26. The van der Waals surface area contributed by atoms with Crippen LogP contribution in [0.4, 0.5) is 5.69 Å². The Morgan fingerprint density at radius 3 is 2.67 bits per heavy atom. The van der Waals surface area contributed by atoms with Gasteiger partial charge in [-0.1, -0.05) is 38.0 Å². The zero-order chi connectivity index (χ0) is 15.4. The number of nitrogens with zero attached hydrogens (tertiary/aromatic N) is 1. The topological polar surface area (TPSA) is 90.4 Å². The molecule has 1 aromatic heterocycles. The summed E-state index contributed by atoms with van der Waals surface area (Å²) in [6.07, 6.45) is 2.62. The van der Waals surface area contributed by atoms with Gasteiger partial charge in [0.2, 0.25) is 0 Å². The molecule has 6 heteroatoms. The largest absolute Gasteiger partial charge is 0.418 e. The second-order valence-electron chi connectivity index (χ2n) is 4.75. The lowest BCUT2D eigenvalue weighted by atomic mass is 10.00. The first-order valence-electron chi connectivity index (χ1n) is 6.79. The van der Waals surface area contributed by atoms with Gasteiger partial charge in [0.05, 0.1) is 4.92 Å². The van der Waals surface area contributed by atoms with Crippen LogP contribution in [0.2, 0.25) is 0 Å². The van der Waals surface area contributed by atoms with Gasteiger partial charge in [0.15, 0.2) is 5.78 Å². The summed E-state index contributed by atoms with van der Waals surface area (Å²) in [6.45, 7) is 2.00. The van der Waals surface area contributed by atoms with Crippen molar-refractivity contribution >= 4 is 22.4 Å². The normalized spacial score (nSPS) is 10.7. The maximum Gasteiger partial charge on any atom is 0.416 e. The van der Waals surface area contributed by atoms with Crippen LogP contribution in [0.15, 0.2) is 33.5 Å². The average Bonchev–Trinajstić information content (AvgIpc) is 2.45. The van der Waals surface area contributed by atoms with Crippen molar-refractivity contribution in [2.24, 2.45) is 0 Å².